The maximum atomic E-state index is 13.1. The van der Waals surface area contributed by atoms with Gasteiger partial charge in [-0.15, -0.1) is 0 Å². The Bertz CT molecular complexity index is 989. The average molecular weight is 336 g/mol. The van der Waals surface area contributed by atoms with E-state index >= 15 is 0 Å². The van der Waals surface area contributed by atoms with Gasteiger partial charge in [0, 0.05) is 22.9 Å². The maximum Gasteiger partial charge on any atom is 0.290 e. The molecule has 25 heavy (non-hydrogen) atoms. The monoisotopic (exact) mass is 336 g/mol. The van der Waals surface area contributed by atoms with E-state index in [0.29, 0.717) is 24.3 Å². The van der Waals surface area contributed by atoms with Gasteiger partial charge in [-0.1, -0.05) is 36.4 Å². The van der Waals surface area contributed by atoms with E-state index in [0.717, 1.165) is 34.6 Å². The van der Waals surface area contributed by atoms with Gasteiger partial charge in [0.05, 0.1) is 0 Å². The zero-order valence-electron chi connectivity index (χ0n) is 14.1. The van der Waals surface area contributed by atoms with E-state index in [1.165, 1.54) is 0 Å². The van der Waals surface area contributed by atoms with Crippen molar-refractivity contribution in [3.8, 4) is 0 Å². The highest BCUT2D eigenvalue weighted by molar-refractivity contribution is 6.09. The summed E-state index contributed by atoms with van der Waals surface area (Å²) in [6.07, 6.45) is 2.39. The van der Waals surface area contributed by atoms with E-state index in [1.807, 2.05) is 43.3 Å². The molecule has 5 nitrogen and oxygen atoms in total. The zero-order valence-corrected chi connectivity index (χ0v) is 14.1. The summed E-state index contributed by atoms with van der Waals surface area (Å²) in [5.41, 5.74) is 7.02. The van der Waals surface area contributed by atoms with Crippen LogP contribution >= 0.6 is 0 Å². The molecule has 2 aromatic carbocycles. The highest BCUT2D eigenvalue weighted by atomic mass is 16.3. The largest absolute Gasteiger partial charge is 0.450 e. The number of carbonyl (C=O) groups excluding carboxylic acids is 2. The molecule has 1 saturated heterocycles. The minimum Gasteiger partial charge on any atom is -0.450 e. The van der Waals surface area contributed by atoms with Crippen molar-refractivity contribution in [3.05, 3.63) is 47.7 Å². The lowest BCUT2D eigenvalue weighted by molar-refractivity contribution is -0.123. The van der Waals surface area contributed by atoms with Gasteiger partial charge in [-0.05, 0) is 31.6 Å². The fourth-order valence-electron chi connectivity index (χ4n) is 3.75. The molecule has 0 spiro atoms. The van der Waals surface area contributed by atoms with Crippen LogP contribution in [0.15, 0.2) is 40.8 Å². The van der Waals surface area contributed by atoms with Crippen LogP contribution in [0.1, 0.15) is 35.4 Å². The number of primary amides is 1. The number of amides is 2. The van der Waals surface area contributed by atoms with Gasteiger partial charge in [0.1, 0.15) is 11.6 Å². The first-order chi connectivity index (χ1) is 12.1. The Morgan fingerprint density at radius 2 is 1.92 bits per heavy atom. The van der Waals surface area contributed by atoms with Crippen molar-refractivity contribution in [3.63, 3.8) is 0 Å². The Kier molecular flexibility index (Phi) is 3.71. The van der Waals surface area contributed by atoms with Crippen LogP contribution in [0.5, 0.6) is 0 Å². The van der Waals surface area contributed by atoms with E-state index in [4.69, 9.17) is 10.2 Å². The Morgan fingerprint density at radius 1 is 1.12 bits per heavy atom. The first-order valence-corrected chi connectivity index (χ1v) is 8.59. The number of piperidine rings is 1. The molecule has 128 valence electrons. The molecule has 0 radical (unpaired) electrons. The van der Waals surface area contributed by atoms with Crippen LogP contribution in [-0.2, 0) is 4.79 Å². The molecule has 2 N–H and O–H groups in total. The molecule has 1 fully saturated rings. The molecular formula is C20H20N2O3. The minimum absolute atomic E-state index is 0.249. The quantitative estimate of drug-likeness (QED) is 0.779. The van der Waals surface area contributed by atoms with Gasteiger partial charge in [-0.2, -0.15) is 0 Å². The summed E-state index contributed by atoms with van der Waals surface area (Å²) >= 11 is 0. The molecule has 1 unspecified atom stereocenters. The van der Waals surface area contributed by atoms with Crippen LogP contribution in [0, 0.1) is 6.92 Å². The van der Waals surface area contributed by atoms with E-state index in [-0.39, 0.29) is 5.91 Å². The lowest BCUT2D eigenvalue weighted by Crippen LogP contribution is -2.50. The normalized spacial score (nSPS) is 18.0. The molecule has 0 saturated carbocycles. The van der Waals surface area contributed by atoms with E-state index in [1.54, 1.807) is 4.90 Å². The van der Waals surface area contributed by atoms with E-state index < -0.39 is 11.9 Å². The predicted molar refractivity (Wildman–Crippen MR) is 96.3 cm³/mol. The number of benzene rings is 2. The van der Waals surface area contributed by atoms with Crippen LogP contribution in [0.25, 0.3) is 21.7 Å². The number of likely N-dealkylation sites (tertiary alicyclic amines) is 1. The summed E-state index contributed by atoms with van der Waals surface area (Å²) in [4.78, 5) is 26.4. The molecule has 4 rings (SSSR count). The lowest BCUT2D eigenvalue weighted by Gasteiger charge is -2.33. The third kappa shape index (κ3) is 2.47. The van der Waals surface area contributed by atoms with Crippen molar-refractivity contribution in [2.24, 2.45) is 5.73 Å². The standard InChI is InChI=1S/C20H20N2O3/c1-12-14-10-9-13-6-2-3-7-15(13)18(14)25-17(12)20(24)22-11-5-4-8-16(22)19(21)23/h2-3,6-7,9-10,16H,4-5,8,11H2,1H3,(H2,21,23). The zero-order chi connectivity index (χ0) is 17.6. The number of fused-ring (bicyclic) bond motifs is 3. The molecule has 1 aliphatic heterocycles. The molecule has 1 atom stereocenters. The summed E-state index contributed by atoms with van der Waals surface area (Å²) in [6, 6.07) is 11.4. The average Bonchev–Trinajstić information content (AvgIpc) is 2.98. The second-order valence-electron chi connectivity index (χ2n) is 6.63. The first kappa shape index (κ1) is 15.7. The van der Waals surface area contributed by atoms with Gasteiger partial charge >= 0.3 is 0 Å². The first-order valence-electron chi connectivity index (χ1n) is 8.59. The number of nitrogens with zero attached hydrogens (tertiary/aromatic N) is 1. The Hall–Kier alpha value is -2.82. The Labute approximate surface area is 145 Å². The smallest absolute Gasteiger partial charge is 0.290 e. The predicted octanol–water partition coefficient (Wildman–Crippen LogP) is 3.37. The Morgan fingerprint density at radius 3 is 2.72 bits per heavy atom. The van der Waals surface area contributed by atoms with Gasteiger partial charge in [0.2, 0.25) is 5.91 Å². The molecule has 2 amide bonds. The number of rotatable bonds is 2. The molecule has 3 aromatic rings. The van der Waals surface area contributed by atoms with Crippen molar-refractivity contribution in [2.75, 3.05) is 6.54 Å². The summed E-state index contributed by atoms with van der Waals surface area (Å²) in [5, 5.41) is 2.97. The van der Waals surface area contributed by atoms with E-state index in [2.05, 4.69) is 0 Å². The molecule has 0 bridgehead atoms. The van der Waals surface area contributed by atoms with Crippen molar-refractivity contribution in [1.29, 1.82) is 0 Å². The molecular weight excluding hydrogens is 316 g/mol. The molecule has 1 aromatic heterocycles. The lowest BCUT2D eigenvalue weighted by atomic mass is 10.0. The summed E-state index contributed by atoms with van der Waals surface area (Å²) in [7, 11) is 0. The summed E-state index contributed by atoms with van der Waals surface area (Å²) in [6.45, 7) is 2.42. The van der Waals surface area contributed by atoms with Crippen molar-refractivity contribution in [1.82, 2.24) is 4.90 Å². The van der Waals surface area contributed by atoms with Gasteiger partial charge in [0.25, 0.3) is 5.91 Å². The fraction of sp³-hybridized carbons (Fsp3) is 0.300. The van der Waals surface area contributed by atoms with Crippen LogP contribution in [0.4, 0.5) is 0 Å². The topological polar surface area (TPSA) is 76.5 Å². The third-order valence-electron chi connectivity index (χ3n) is 5.11. The van der Waals surface area contributed by atoms with Crippen molar-refractivity contribution >= 4 is 33.6 Å². The number of carbonyl (C=O) groups is 2. The Balaban J connectivity index is 1.83. The van der Waals surface area contributed by atoms with Gasteiger partial charge in [-0.25, -0.2) is 0 Å². The van der Waals surface area contributed by atoms with Crippen molar-refractivity contribution in [2.45, 2.75) is 32.2 Å². The van der Waals surface area contributed by atoms with Crippen LogP contribution in [0.3, 0.4) is 0 Å². The molecule has 5 heteroatoms. The van der Waals surface area contributed by atoms with Gasteiger partial charge < -0.3 is 15.1 Å². The molecule has 1 aliphatic rings. The summed E-state index contributed by atoms with van der Waals surface area (Å²) in [5.74, 6) is -0.395. The van der Waals surface area contributed by atoms with E-state index in [9.17, 15) is 9.59 Å². The number of nitrogens with two attached hydrogens (primary N) is 1. The minimum atomic E-state index is -0.550. The number of hydrogen-bond acceptors (Lipinski definition) is 3. The van der Waals surface area contributed by atoms with Crippen LogP contribution < -0.4 is 5.73 Å². The second-order valence-corrected chi connectivity index (χ2v) is 6.63. The highest BCUT2D eigenvalue weighted by Crippen LogP contribution is 2.33. The van der Waals surface area contributed by atoms with Crippen LogP contribution in [0.2, 0.25) is 0 Å². The van der Waals surface area contributed by atoms with Crippen LogP contribution in [-0.4, -0.2) is 29.3 Å². The number of furan rings is 1. The summed E-state index contributed by atoms with van der Waals surface area (Å²) < 4.78 is 6.01. The SMILES string of the molecule is Cc1c(C(=O)N2CCCCC2C(N)=O)oc2c1ccc1ccccc12. The third-order valence-corrected chi connectivity index (χ3v) is 5.11. The second kappa shape index (κ2) is 5.92. The van der Waals surface area contributed by atoms with Gasteiger partial charge in [-0.3, -0.25) is 9.59 Å². The molecule has 0 aliphatic carbocycles. The van der Waals surface area contributed by atoms with Crippen molar-refractivity contribution < 1.29 is 14.0 Å². The number of hydrogen-bond donors (Lipinski definition) is 1. The van der Waals surface area contributed by atoms with Gasteiger partial charge in [0.15, 0.2) is 5.76 Å². The highest BCUT2D eigenvalue weighted by Gasteiger charge is 2.33. The molecule has 2 heterocycles. The fourth-order valence-corrected chi connectivity index (χ4v) is 3.75. The number of aryl methyl sites for hydroxylation is 1. The maximum absolute atomic E-state index is 13.1.